The lowest BCUT2D eigenvalue weighted by Crippen LogP contribution is -2.53. The van der Waals surface area contributed by atoms with Gasteiger partial charge in [-0.1, -0.05) is 32.9 Å². The number of carbonyl (C=O) groups is 2. The Morgan fingerprint density at radius 1 is 1.15 bits per heavy atom. The molecule has 0 saturated carbocycles. The molecule has 2 rings (SSSR count). The van der Waals surface area contributed by atoms with Crippen molar-refractivity contribution in [3.8, 4) is 0 Å². The first-order chi connectivity index (χ1) is 9.40. The van der Waals surface area contributed by atoms with Crippen molar-refractivity contribution in [2.24, 2.45) is 11.8 Å². The van der Waals surface area contributed by atoms with E-state index in [4.69, 9.17) is 5.11 Å². The summed E-state index contributed by atoms with van der Waals surface area (Å²) in [7, 11) is 0. The topological polar surface area (TPSA) is 57.6 Å². The molecule has 1 saturated heterocycles. The summed E-state index contributed by atoms with van der Waals surface area (Å²) >= 11 is 0. The molecule has 0 radical (unpaired) electrons. The number of carboxylic acid groups (broad SMARTS) is 1. The van der Waals surface area contributed by atoms with Crippen molar-refractivity contribution in [1.82, 2.24) is 4.90 Å². The molecule has 1 aliphatic heterocycles. The SMILES string of the molecule is CC(C)c1ccc(C(=O)N2CC(C(C)C(=O)O)C2)cc1. The van der Waals surface area contributed by atoms with Crippen LogP contribution in [-0.2, 0) is 4.79 Å². The second kappa shape index (κ2) is 5.65. The number of hydrogen-bond acceptors (Lipinski definition) is 2. The molecule has 1 heterocycles. The smallest absolute Gasteiger partial charge is 0.306 e. The fourth-order valence-corrected chi connectivity index (χ4v) is 2.39. The van der Waals surface area contributed by atoms with Crippen LogP contribution in [0, 0.1) is 11.8 Å². The van der Waals surface area contributed by atoms with Crippen molar-refractivity contribution in [2.75, 3.05) is 13.1 Å². The normalized spacial score (nSPS) is 16.9. The first-order valence-corrected chi connectivity index (χ1v) is 7.02. The molecule has 0 spiro atoms. The maximum absolute atomic E-state index is 12.2. The van der Waals surface area contributed by atoms with E-state index in [1.807, 2.05) is 24.3 Å². The van der Waals surface area contributed by atoms with Crippen LogP contribution in [0.4, 0.5) is 0 Å². The van der Waals surface area contributed by atoms with E-state index in [9.17, 15) is 9.59 Å². The van der Waals surface area contributed by atoms with Crippen molar-refractivity contribution in [1.29, 1.82) is 0 Å². The Balaban J connectivity index is 1.95. The zero-order valence-electron chi connectivity index (χ0n) is 12.2. The van der Waals surface area contributed by atoms with Crippen molar-refractivity contribution in [3.63, 3.8) is 0 Å². The summed E-state index contributed by atoms with van der Waals surface area (Å²) in [5.74, 6) is -0.657. The lowest BCUT2D eigenvalue weighted by atomic mass is 9.86. The fraction of sp³-hybridized carbons (Fsp3) is 0.500. The summed E-state index contributed by atoms with van der Waals surface area (Å²) < 4.78 is 0. The van der Waals surface area contributed by atoms with Gasteiger partial charge in [-0.3, -0.25) is 9.59 Å². The number of nitrogens with zero attached hydrogens (tertiary/aromatic N) is 1. The average molecular weight is 275 g/mol. The summed E-state index contributed by atoms with van der Waals surface area (Å²) in [5.41, 5.74) is 1.89. The van der Waals surface area contributed by atoms with Crippen LogP contribution >= 0.6 is 0 Å². The van der Waals surface area contributed by atoms with E-state index >= 15 is 0 Å². The highest BCUT2D eigenvalue weighted by atomic mass is 16.4. The van der Waals surface area contributed by atoms with Crippen LogP contribution in [0.3, 0.4) is 0 Å². The summed E-state index contributed by atoms with van der Waals surface area (Å²) in [4.78, 5) is 24.8. The predicted octanol–water partition coefficient (Wildman–Crippen LogP) is 2.60. The number of hydrogen-bond donors (Lipinski definition) is 1. The van der Waals surface area contributed by atoms with Gasteiger partial charge >= 0.3 is 5.97 Å². The lowest BCUT2D eigenvalue weighted by molar-refractivity contribution is -0.144. The van der Waals surface area contributed by atoms with Gasteiger partial charge in [0.05, 0.1) is 5.92 Å². The second-order valence-electron chi connectivity index (χ2n) is 5.87. The van der Waals surface area contributed by atoms with E-state index in [0.717, 1.165) is 0 Å². The van der Waals surface area contributed by atoms with Crippen LogP contribution in [0.15, 0.2) is 24.3 Å². The van der Waals surface area contributed by atoms with E-state index in [-0.39, 0.29) is 17.7 Å². The minimum absolute atomic E-state index is 0.00542. The molecule has 20 heavy (non-hydrogen) atoms. The molecule has 0 aliphatic carbocycles. The van der Waals surface area contributed by atoms with Crippen LogP contribution in [0.2, 0.25) is 0 Å². The molecular weight excluding hydrogens is 254 g/mol. The molecule has 4 heteroatoms. The Morgan fingerprint density at radius 2 is 1.70 bits per heavy atom. The van der Waals surface area contributed by atoms with Gasteiger partial charge < -0.3 is 10.0 Å². The monoisotopic (exact) mass is 275 g/mol. The Morgan fingerprint density at radius 3 is 2.15 bits per heavy atom. The maximum atomic E-state index is 12.2. The van der Waals surface area contributed by atoms with E-state index in [0.29, 0.717) is 24.6 Å². The van der Waals surface area contributed by atoms with Gasteiger partial charge in [-0.2, -0.15) is 0 Å². The van der Waals surface area contributed by atoms with Crippen molar-refractivity contribution < 1.29 is 14.7 Å². The van der Waals surface area contributed by atoms with Gasteiger partial charge in [0.15, 0.2) is 0 Å². The number of benzene rings is 1. The van der Waals surface area contributed by atoms with Crippen LogP contribution in [0.5, 0.6) is 0 Å². The molecular formula is C16H21NO3. The van der Waals surface area contributed by atoms with E-state index in [1.165, 1.54) is 5.56 Å². The van der Waals surface area contributed by atoms with Crippen molar-refractivity contribution >= 4 is 11.9 Å². The third-order valence-electron chi connectivity index (χ3n) is 4.12. The van der Waals surface area contributed by atoms with Gasteiger partial charge in [0, 0.05) is 24.6 Å². The third-order valence-corrected chi connectivity index (χ3v) is 4.12. The minimum Gasteiger partial charge on any atom is -0.481 e. The number of carbonyl (C=O) groups excluding carboxylic acids is 1. The molecule has 108 valence electrons. The lowest BCUT2D eigenvalue weighted by Gasteiger charge is -2.41. The molecule has 1 fully saturated rings. The third kappa shape index (κ3) is 2.84. The summed E-state index contributed by atoms with van der Waals surface area (Å²) in [6.07, 6.45) is 0. The summed E-state index contributed by atoms with van der Waals surface area (Å²) in [5, 5.41) is 8.94. The van der Waals surface area contributed by atoms with Crippen LogP contribution in [0.1, 0.15) is 42.6 Å². The number of carboxylic acids is 1. The Labute approximate surface area is 119 Å². The van der Waals surface area contributed by atoms with E-state index in [1.54, 1.807) is 11.8 Å². The number of aliphatic carboxylic acids is 1. The highest BCUT2D eigenvalue weighted by Crippen LogP contribution is 2.26. The molecule has 0 aromatic heterocycles. The van der Waals surface area contributed by atoms with Gasteiger partial charge in [-0.05, 0) is 23.6 Å². The predicted molar refractivity (Wildman–Crippen MR) is 76.7 cm³/mol. The first kappa shape index (κ1) is 14.6. The van der Waals surface area contributed by atoms with E-state index < -0.39 is 5.97 Å². The van der Waals surface area contributed by atoms with Crippen molar-refractivity contribution in [2.45, 2.75) is 26.7 Å². The zero-order chi connectivity index (χ0) is 14.9. The molecule has 1 unspecified atom stereocenters. The molecule has 1 aliphatic rings. The van der Waals surface area contributed by atoms with Crippen LogP contribution < -0.4 is 0 Å². The highest BCUT2D eigenvalue weighted by molar-refractivity contribution is 5.94. The number of rotatable bonds is 4. The van der Waals surface area contributed by atoms with Crippen LogP contribution in [0.25, 0.3) is 0 Å². The van der Waals surface area contributed by atoms with Gasteiger partial charge in [-0.25, -0.2) is 0 Å². The molecule has 1 aromatic carbocycles. The molecule has 1 amide bonds. The van der Waals surface area contributed by atoms with Gasteiger partial charge in [0.25, 0.3) is 5.91 Å². The molecule has 1 atom stereocenters. The number of likely N-dealkylation sites (tertiary alicyclic amines) is 1. The maximum Gasteiger partial charge on any atom is 0.306 e. The largest absolute Gasteiger partial charge is 0.481 e. The van der Waals surface area contributed by atoms with Gasteiger partial charge in [-0.15, -0.1) is 0 Å². The number of amides is 1. The second-order valence-corrected chi connectivity index (χ2v) is 5.87. The standard InChI is InChI=1S/C16H21NO3/c1-10(2)12-4-6-13(7-5-12)15(18)17-8-14(9-17)11(3)16(19)20/h4-7,10-11,14H,8-9H2,1-3H3,(H,19,20). The highest BCUT2D eigenvalue weighted by Gasteiger charge is 2.37. The molecule has 1 aromatic rings. The minimum atomic E-state index is -0.789. The fourth-order valence-electron chi connectivity index (χ4n) is 2.39. The van der Waals surface area contributed by atoms with Crippen LogP contribution in [-0.4, -0.2) is 35.0 Å². The molecule has 1 N–H and O–H groups in total. The first-order valence-electron chi connectivity index (χ1n) is 7.02. The molecule has 0 bridgehead atoms. The quantitative estimate of drug-likeness (QED) is 0.919. The van der Waals surface area contributed by atoms with Gasteiger partial charge in [0.1, 0.15) is 0 Å². The summed E-state index contributed by atoms with van der Waals surface area (Å²) in [6.45, 7) is 7.01. The van der Waals surface area contributed by atoms with E-state index in [2.05, 4.69) is 13.8 Å². The Kier molecular flexibility index (Phi) is 4.12. The molecule has 4 nitrogen and oxygen atoms in total. The average Bonchev–Trinajstić information content (AvgIpc) is 2.36. The van der Waals surface area contributed by atoms with Gasteiger partial charge in [0.2, 0.25) is 0 Å². The Hall–Kier alpha value is -1.84. The Bertz CT molecular complexity index is 501. The summed E-state index contributed by atoms with van der Waals surface area (Å²) in [6, 6.07) is 7.67. The van der Waals surface area contributed by atoms with Crippen molar-refractivity contribution in [3.05, 3.63) is 35.4 Å². The zero-order valence-corrected chi connectivity index (χ0v) is 12.2.